The van der Waals surface area contributed by atoms with Gasteiger partial charge in [-0.1, -0.05) is 26.0 Å². The van der Waals surface area contributed by atoms with Gasteiger partial charge in [0.1, 0.15) is 0 Å². The van der Waals surface area contributed by atoms with Crippen molar-refractivity contribution in [1.29, 1.82) is 0 Å². The number of anilines is 1. The predicted molar refractivity (Wildman–Crippen MR) is 75.6 cm³/mol. The van der Waals surface area contributed by atoms with Crippen LogP contribution in [0.1, 0.15) is 19.4 Å². The average Bonchev–Trinajstić information content (AvgIpc) is 2.27. The summed E-state index contributed by atoms with van der Waals surface area (Å²) >= 11 is 0. The summed E-state index contributed by atoms with van der Waals surface area (Å²) in [6.07, 6.45) is 0. The molecule has 0 heterocycles. The molecule has 0 bridgehead atoms. The van der Waals surface area contributed by atoms with Gasteiger partial charge < -0.3 is 11.1 Å². The van der Waals surface area contributed by atoms with Crippen molar-refractivity contribution in [3.63, 3.8) is 0 Å². The second-order valence-electron chi connectivity index (χ2n) is 4.92. The van der Waals surface area contributed by atoms with Crippen LogP contribution in [0.3, 0.4) is 0 Å². The van der Waals surface area contributed by atoms with Crippen LogP contribution < -0.4 is 16.4 Å². The topological polar surface area (TPSA) is 84.2 Å². The maximum atomic E-state index is 11.7. The molecule has 1 aromatic rings. The molecule has 0 fully saturated rings. The highest BCUT2D eigenvalue weighted by molar-refractivity contribution is 5.92. The molecule has 19 heavy (non-hydrogen) atoms. The molecule has 0 saturated carbocycles. The van der Waals surface area contributed by atoms with Crippen molar-refractivity contribution < 1.29 is 9.59 Å². The molecule has 1 atom stereocenters. The van der Waals surface area contributed by atoms with E-state index in [9.17, 15) is 9.59 Å². The summed E-state index contributed by atoms with van der Waals surface area (Å²) in [7, 11) is 0. The number of hydrogen-bond acceptors (Lipinski definition) is 3. The molecule has 1 unspecified atom stereocenters. The van der Waals surface area contributed by atoms with Crippen LogP contribution in [0.25, 0.3) is 0 Å². The van der Waals surface area contributed by atoms with E-state index in [4.69, 9.17) is 5.73 Å². The number of nitrogens with one attached hydrogen (secondary N) is 2. The van der Waals surface area contributed by atoms with Gasteiger partial charge in [0.25, 0.3) is 0 Å². The monoisotopic (exact) mass is 263 g/mol. The van der Waals surface area contributed by atoms with E-state index >= 15 is 0 Å². The maximum absolute atomic E-state index is 11.7. The highest BCUT2D eigenvalue weighted by atomic mass is 16.2. The highest BCUT2D eigenvalue weighted by Gasteiger charge is 2.19. The van der Waals surface area contributed by atoms with Crippen LogP contribution in [0.2, 0.25) is 0 Å². The number of rotatable bonds is 6. The van der Waals surface area contributed by atoms with Gasteiger partial charge in [0, 0.05) is 5.69 Å². The third kappa shape index (κ3) is 5.09. The Labute approximate surface area is 113 Å². The molecule has 0 aliphatic rings. The summed E-state index contributed by atoms with van der Waals surface area (Å²) in [6, 6.07) is 7.03. The fourth-order valence-corrected chi connectivity index (χ4v) is 1.80. The van der Waals surface area contributed by atoms with Gasteiger partial charge in [0.05, 0.1) is 12.6 Å². The fraction of sp³-hybridized carbons (Fsp3) is 0.429. The minimum atomic E-state index is -0.497. The number of hydrogen-bond donors (Lipinski definition) is 3. The minimum absolute atomic E-state index is 0.0456. The van der Waals surface area contributed by atoms with Gasteiger partial charge in [0.2, 0.25) is 11.8 Å². The molecule has 0 radical (unpaired) electrons. The largest absolute Gasteiger partial charge is 0.368 e. The van der Waals surface area contributed by atoms with Crippen molar-refractivity contribution in [2.45, 2.75) is 26.8 Å². The minimum Gasteiger partial charge on any atom is -0.368 e. The zero-order valence-corrected chi connectivity index (χ0v) is 11.6. The molecule has 104 valence electrons. The molecule has 0 aromatic heterocycles. The zero-order chi connectivity index (χ0) is 14.4. The van der Waals surface area contributed by atoms with E-state index in [1.807, 2.05) is 45.0 Å². The third-order valence-electron chi connectivity index (χ3n) is 2.76. The highest BCUT2D eigenvalue weighted by Crippen LogP contribution is 2.09. The first-order chi connectivity index (χ1) is 8.90. The van der Waals surface area contributed by atoms with Crippen LogP contribution in [-0.2, 0) is 9.59 Å². The lowest BCUT2D eigenvalue weighted by Gasteiger charge is -2.18. The molecule has 4 N–H and O–H groups in total. The van der Waals surface area contributed by atoms with Crippen LogP contribution in [0.5, 0.6) is 0 Å². The van der Waals surface area contributed by atoms with E-state index in [2.05, 4.69) is 10.6 Å². The maximum Gasteiger partial charge on any atom is 0.238 e. The Kier molecular flexibility index (Phi) is 5.51. The van der Waals surface area contributed by atoms with Gasteiger partial charge in [-0.3, -0.25) is 14.9 Å². The first-order valence-corrected chi connectivity index (χ1v) is 6.29. The molecule has 0 saturated heterocycles. The Hall–Kier alpha value is -1.88. The third-order valence-corrected chi connectivity index (χ3v) is 2.76. The molecule has 0 aliphatic carbocycles. The number of carbonyl (C=O) groups is 2. The predicted octanol–water partition coefficient (Wildman–Crippen LogP) is 1.03. The first kappa shape index (κ1) is 15.2. The normalized spacial score (nSPS) is 12.2. The zero-order valence-electron chi connectivity index (χ0n) is 11.6. The number of benzene rings is 1. The number of aryl methyl sites for hydroxylation is 1. The van der Waals surface area contributed by atoms with Crippen molar-refractivity contribution in [2.75, 3.05) is 11.9 Å². The second kappa shape index (κ2) is 6.89. The lowest BCUT2D eigenvalue weighted by atomic mass is 10.0. The van der Waals surface area contributed by atoms with Crippen LogP contribution in [0, 0.1) is 12.8 Å². The quantitative estimate of drug-likeness (QED) is 0.716. The Morgan fingerprint density at radius 3 is 2.53 bits per heavy atom. The molecule has 2 amide bonds. The van der Waals surface area contributed by atoms with E-state index in [1.165, 1.54) is 0 Å². The van der Waals surface area contributed by atoms with E-state index in [-0.39, 0.29) is 18.4 Å². The summed E-state index contributed by atoms with van der Waals surface area (Å²) in [5.41, 5.74) is 7.08. The summed E-state index contributed by atoms with van der Waals surface area (Å²) in [5.74, 6) is -0.597. The van der Waals surface area contributed by atoms with Gasteiger partial charge in [-0.2, -0.15) is 0 Å². The number of carbonyl (C=O) groups excluding carboxylic acids is 2. The fourth-order valence-electron chi connectivity index (χ4n) is 1.80. The summed E-state index contributed by atoms with van der Waals surface area (Å²) in [4.78, 5) is 22.9. The van der Waals surface area contributed by atoms with Crippen molar-refractivity contribution in [3.8, 4) is 0 Å². The molecule has 1 rings (SSSR count). The van der Waals surface area contributed by atoms with Gasteiger partial charge in [-0.05, 0) is 30.5 Å². The molecule has 1 aromatic carbocycles. The van der Waals surface area contributed by atoms with Gasteiger partial charge in [0.15, 0.2) is 0 Å². The van der Waals surface area contributed by atoms with E-state index in [0.717, 1.165) is 11.3 Å². The van der Waals surface area contributed by atoms with Crippen molar-refractivity contribution >= 4 is 17.5 Å². The second-order valence-corrected chi connectivity index (χ2v) is 4.92. The first-order valence-electron chi connectivity index (χ1n) is 6.29. The standard InChI is InChI=1S/C14H21N3O2/c1-9(2)13(14(15)19)16-8-12(18)17-11-6-4-5-10(3)7-11/h4-7,9,13,16H,8H2,1-3H3,(H2,15,19)(H,17,18). The Bertz CT molecular complexity index is 458. The molecular formula is C14H21N3O2. The molecule has 5 nitrogen and oxygen atoms in total. The molecule has 0 spiro atoms. The van der Waals surface area contributed by atoms with Crippen molar-refractivity contribution in [2.24, 2.45) is 11.7 Å². The Morgan fingerprint density at radius 2 is 2.00 bits per heavy atom. The van der Waals surface area contributed by atoms with E-state index < -0.39 is 11.9 Å². The van der Waals surface area contributed by atoms with Crippen LogP contribution >= 0.6 is 0 Å². The lowest BCUT2D eigenvalue weighted by molar-refractivity contribution is -0.121. The average molecular weight is 263 g/mol. The van der Waals surface area contributed by atoms with Crippen LogP contribution in [0.15, 0.2) is 24.3 Å². The lowest BCUT2D eigenvalue weighted by Crippen LogP contribution is -2.47. The van der Waals surface area contributed by atoms with Crippen LogP contribution in [-0.4, -0.2) is 24.4 Å². The van der Waals surface area contributed by atoms with Crippen LogP contribution in [0.4, 0.5) is 5.69 Å². The number of primary amides is 1. The molecular weight excluding hydrogens is 242 g/mol. The van der Waals surface area contributed by atoms with E-state index in [1.54, 1.807) is 0 Å². The van der Waals surface area contributed by atoms with Crippen molar-refractivity contribution in [1.82, 2.24) is 5.32 Å². The van der Waals surface area contributed by atoms with Gasteiger partial charge in [-0.25, -0.2) is 0 Å². The summed E-state index contributed by atoms with van der Waals surface area (Å²) < 4.78 is 0. The molecule has 5 heteroatoms. The Morgan fingerprint density at radius 1 is 1.32 bits per heavy atom. The number of amides is 2. The SMILES string of the molecule is Cc1cccc(NC(=O)CNC(C(N)=O)C(C)C)c1. The summed E-state index contributed by atoms with van der Waals surface area (Å²) in [5, 5.41) is 5.63. The van der Waals surface area contributed by atoms with Gasteiger partial charge >= 0.3 is 0 Å². The smallest absolute Gasteiger partial charge is 0.238 e. The van der Waals surface area contributed by atoms with Crippen molar-refractivity contribution in [3.05, 3.63) is 29.8 Å². The van der Waals surface area contributed by atoms with Gasteiger partial charge in [-0.15, -0.1) is 0 Å². The summed E-state index contributed by atoms with van der Waals surface area (Å²) in [6.45, 7) is 5.76. The number of nitrogens with two attached hydrogens (primary N) is 1. The molecule has 0 aliphatic heterocycles. The van der Waals surface area contributed by atoms with E-state index in [0.29, 0.717) is 0 Å². The Balaban J connectivity index is 2.50.